The molecule has 0 aliphatic carbocycles. The smallest absolute Gasteiger partial charge is 0.119 e. The first-order valence-electron chi connectivity index (χ1n) is 5.82. The quantitative estimate of drug-likeness (QED) is 0.642. The molecule has 0 aromatic heterocycles. The summed E-state index contributed by atoms with van der Waals surface area (Å²) in [5, 5.41) is 0.583. The van der Waals surface area contributed by atoms with Crippen molar-refractivity contribution in [3.8, 4) is 5.75 Å². The summed E-state index contributed by atoms with van der Waals surface area (Å²) in [6.07, 6.45) is 0.735. The summed E-state index contributed by atoms with van der Waals surface area (Å²) in [5.41, 5.74) is 2.18. The van der Waals surface area contributed by atoms with E-state index in [0.29, 0.717) is 5.02 Å². The highest BCUT2D eigenvalue weighted by Gasteiger charge is 2.13. The van der Waals surface area contributed by atoms with E-state index in [-0.39, 0.29) is 5.38 Å². The SMILES string of the molecule is COc1cccc(CC(Cl)c2ccc(Cl)cc2Br)c1. The molecular formula is C15H13BrCl2O. The first kappa shape index (κ1) is 14.7. The Hall–Kier alpha value is -0.700. The van der Waals surface area contributed by atoms with Gasteiger partial charge in [-0.15, -0.1) is 11.6 Å². The zero-order chi connectivity index (χ0) is 13.8. The molecule has 0 fully saturated rings. The van der Waals surface area contributed by atoms with Crippen molar-refractivity contribution in [1.82, 2.24) is 0 Å². The van der Waals surface area contributed by atoms with E-state index in [2.05, 4.69) is 15.9 Å². The lowest BCUT2D eigenvalue weighted by molar-refractivity contribution is 0.414. The van der Waals surface area contributed by atoms with Gasteiger partial charge in [0.15, 0.2) is 0 Å². The summed E-state index contributed by atoms with van der Waals surface area (Å²) in [4.78, 5) is 0. The van der Waals surface area contributed by atoms with Gasteiger partial charge in [-0.05, 0) is 41.8 Å². The number of alkyl halides is 1. The van der Waals surface area contributed by atoms with Crippen molar-refractivity contribution in [3.63, 3.8) is 0 Å². The van der Waals surface area contributed by atoms with E-state index in [0.717, 1.165) is 27.8 Å². The second-order valence-electron chi connectivity index (χ2n) is 4.19. The summed E-state index contributed by atoms with van der Waals surface area (Å²) in [6, 6.07) is 13.6. The van der Waals surface area contributed by atoms with E-state index in [1.807, 2.05) is 42.5 Å². The predicted molar refractivity (Wildman–Crippen MR) is 84.4 cm³/mol. The average molecular weight is 360 g/mol. The van der Waals surface area contributed by atoms with E-state index in [1.54, 1.807) is 7.11 Å². The number of ether oxygens (including phenoxy) is 1. The van der Waals surface area contributed by atoms with Gasteiger partial charge in [0.25, 0.3) is 0 Å². The molecule has 0 radical (unpaired) electrons. The molecule has 2 aromatic carbocycles. The van der Waals surface area contributed by atoms with Gasteiger partial charge in [-0.25, -0.2) is 0 Å². The molecule has 0 heterocycles. The van der Waals surface area contributed by atoms with Crippen molar-refractivity contribution in [2.24, 2.45) is 0 Å². The van der Waals surface area contributed by atoms with Gasteiger partial charge >= 0.3 is 0 Å². The fourth-order valence-corrected chi connectivity index (χ4v) is 3.33. The van der Waals surface area contributed by atoms with Crippen LogP contribution in [-0.2, 0) is 6.42 Å². The second-order valence-corrected chi connectivity index (χ2v) is 6.01. The Kier molecular flexibility index (Phi) is 5.14. The highest BCUT2D eigenvalue weighted by molar-refractivity contribution is 9.10. The molecule has 0 N–H and O–H groups in total. The first-order valence-corrected chi connectivity index (χ1v) is 7.43. The number of methoxy groups -OCH3 is 1. The number of hydrogen-bond donors (Lipinski definition) is 0. The molecule has 1 atom stereocenters. The minimum atomic E-state index is -0.112. The lowest BCUT2D eigenvalue weighted by Gasteiger charge is -2.13. The normalized spacial score (nSPS) is 12.2. The summed E-state index contributed by atoms with van der Waals surface area (Å²) < 4.78 is 6.15. The number of benzene rings is 2. The van der Waals surface area contributed by atoms with Crippen LogP contribution in [0.25, 0.3) is 0 Å². The van der Waals surface area contributed by atoms with Crippen molar-refractivity contribution < 1.29 is 4.74 Å². The van der Waals surface area contributed by atoms with Crippen molar-refractivity contribution in [2.45, 2.75) is 11.8 Å². The molecule has 0 saturated heterocycles. The van der Waals surface area contributed by atoms with Crippen LogP contribution < -0.4 is 4.74 Å². The topological polar surface area (TPSA) is 9.23 Å². The largest absolute Gasteiger partial charge is 0.497 e. The molecule has 2 rings (SSSR count). The Morgan fingerprint density at radius 3 is 2.68 bits per heavy atom. The van der Waals surface area contributed by atoms with E-state index >= 15 is 0 Å². The van der Waals surface area contributed by atoms with Crippen molar-refractivity contribution >= 4 is 39.1 Å². The lowest BCUT2D eigenvalue weighted by atomic mass is 10.0. The molecule has 0 spiro atoms. The fraction of sp³-hybridized carbons (Fsp3) is 0.200. The minimum absolute atomic E-state index is 0.112. The van der Waals surface area contributed by atoms with Gasteiger partial charge in [0, 0.05) is 9.50 Å². The monoisotopic (exact) mass is 358 g/mol. The average Bonchev–Trinajstić information content (AvgIpc) is 2.38. The molecule has 100 valence electrons. The van der Waals surface area contributed by atoms with E-state index in [1.165, 1.54) is 0 Å². The van der Waals surface area contributed by atoms with Crippen LogP contribution in [0.15, 0.2) is 46.9 Å². The zero-order valence-electron chi connectivity index (χ0n) is 10.4. The third-order valence-corrected chi connectivity index (χ3v) is 4.16. The third kappa shape index (κ3) is 3.88. The molecule has 4 heteroatoms. The Bertz CT molecular complexity index is 572. The van der Waals surface area contributed by atoms with E-state index < -0.39 is 0 Å². The lowest BCUT2D eigenvalue weighted by Crippen LogP contribution is -1.97. The fourth-order valence-electron chi connectivity index (χ4n) is 1.87. The standard InChI is InChI=1S/C15H13BrCl2O/c1-19-12-4-2-3-10(7-12)8-15(18)13-6-5-11(17)9-14(13)16/h2-7,9,15H,8H2,1H3. The Balaban J connectivity index is 2.17. The van der Waals surface area contributed by atoms with Crippen LogP contribution in [0, 0.1) is 0 Å². The maximum Gasteiger partial charge on any atom is 0.119 e. The van der Waals surface area contributed by atoms with Crippen LogP contribution in [0.2, 0.25) is 5.02 Å². The third-order valence-electron chi connectivity index (χ3n) is 2.85. The highest BCUT2D eigenvalue weighted by atomic mass is 79.9. The molecule has 0 saturated carbocycles. The van der Waals surface area contributed by atoms with Crippen molar-refractivity contribution in [1.29, 1.82) is 0 Å². The molecule has 0 bridgehead atoms. The molecule has 0 aliphatic rings. The maximum atomic E-state index is 6.48. The van der Waals surface area contributed by atoms with Crippen LogP contribution in [0.4, 0.5) is 0 Å². The van der Waals surface area contributed by atoms with Gasteiger partial charge in [-0.3, -0.25) is 0 Å². The number of hydrogen-bond acceptors (Lipinski definition) is 1. The molecular weight excluding hydrogens is 347 g/mol. The molecule has 1 unspecified atom stereocenters. The van der Waals surface area contributed by atoms with Gasteiger partial charge < -0.3 is 4.74 Å². The predicted octanol–water partition coefficient (Wildman–Crippen LogP) is 5.63. The van der Waals surface area contributed by atoms with E-state index in [9.17, 15) is 0 Å². The minimum Gasteiger partial charge on any atom is -0.497 e. The summed E-state index contributed by atoms with van der Waals surface area (Å²) in [6.45, 7) is 0. The van der Waals surface area contributed by atoms with Crippen LogP contribution in [0.5, 0.6) is 5.75 Å². The Labute approximate surface area is 131 Å². The maximum absolute atomic E-state index is 6.48. The van der Waals surface area contributed by atoms with Crippen molar-refractivity contribution in [2.75, 3.05) is 7.11 Å². The summed E-state index contributed by atoms with van der Waals surface area (Å²) in [5.74, 6) is 0.844. The van der Waals surface area contributed by atoms with Gasteiger partial charge in [-0.2, -0.15) is 0 Å². The second kappa shape index (κ2) is 6.65. The molecule has 19 heavy (non-hydrogen) atoms. The Morgan fingerprint density at radius 1 is 1.21 bits per heavy atom. The van der Waals surface area contributed by atoms with Crippen LogP contribution >= 0.6 is 39.1 Å². The Morgan fingerprint density at radius 2 is 2.00 bits per heavy atom. The highest BCUT2D eigenvalue weighted by Crippen LogP contribution is 2.33. The molecule has 0 aliphatic heterocycles. The molecule has 2 aromatic rings. The number of halogens is 3. The summed E-state index contributed by atoms with van der Waals surface area (Å²) in [7, 11) is 1.66. The van der Waals surface area contributed by atoms with Crippen LogP contribution in [-0.4, -0.2) is 7.11 Å². The summed E-state index contributed by atoms with van der Waals surface area (Å²) >= 11 is 15.9. The van der Waals surface area contributed by atoms with Gasteiger partial charge in [0.05, 0.1) is 12.5 Å². The zero-order valence-corrected chi connectivity index (χ0v) is 13.5. The van der Waals surface area contributed by atoms with Crippen LogP contribution in [0.1, 0.15) is 16.5 Å². The molecule has 0 amide bonds. The van der Waals surface area contributed by atoms with Crippen molar-refractivity contribution in [3.05, 3.63) is 63.1 Å². The first-order chi connectivity index (χ1) is 9.10. The van der Waals surface area contributed by atoms with Gasteiger partial charge in [-0.1, -0.05) is 45.7 Å². The van der Waals surface area contributed by atoms with E-state index in [4.69, 9.17) is 27.9 Å². The number of rotatable bonds is 4. The molecule has 1 nitrogen and oxygen atoms in total. The van der Waals surface area contributed by atoms with Gasteiger partial charge in [0.2, 0.25) is 0 Å². The van der Waals surface area contributed by atoms with Crippen LogP contribution in [0.3, 0.4) is 0 Å². The van der Waals surface area contributed by atoms with Gasteiger partial charge in [0.1, 0.15) is 5.75 Å².